The molecule has 6 nitrogen and oxygen atoms in total. The van der Waals surface area contributed by atoms with E-state index in [4.69, 9.17) is 23.2 Å². The van der Waals surface area contributed by atoms with Gasteiger partial charge in [-0.3, -0.25) is 13.9 Å². The molecule has 1 amide bonds. The molecule has 8 heteroatoms. The van der Waals surface area contributed by atoms with Gasteiger partial charge in [-0.05, 0) is 47.7 Å². The lowest BCUT2D eigenvalue weighted by Crippen LogP contribution is -2.25. The predicted octanol–water partition coefficient (Wildman–Crippen LogP) is 4.03. The van der Waals surface area contributed by atoms with Crippen LogP contribution in [0.15, 0.2) is 41.3 Å². The molecule has 0 radical (unpaired) electrons. The highest BCUT2D eigenvalue weighted by Crippen LogP contribution is 2.40. The molecule has 0 spiro atoms. The lowest BCUT2D eigenvalue weighted by molar-refractivity contribution is 0.0767. The van der Waals surface area contributed by atoms with Crippen LogP contribution in [0.4, 0.5) is 0 Å². The van der Waals surface area contributed by atoms with E-state index in [1.54, 1.807) is 12.1 Å². The summed E-state index contributed by atoms with van der Waals surface area (Å²) in [6.45, 7) is 0.880. The second-order valence-corrected chi connectivity index (χ2v) is 8.74. The standard InChI is InChI=1S/C22H19Cl2N3O3/c1-25-19(28)11-26(22(25)30)9-12-2-5-16(17(23)6-12)13-7-14-10-27(15-3-4-15)21(29)20(14)18(24)8-13/h2,5-8,11,15,28H,3-4,9-10H2,1H3. The largest absolute Gasteiger partial charge is 0.493 e. The van der Waals surface area contributed by atoms with Crippen molar-refractivity contribution in [2.75, 3.05) is 0 Å². The Balaban J connectivity index is 1.46. The Morgan fingerprint density at radius 2 is 1.87 bits per heavy atom. The molecule has 154 valence electrons. The van der Waals surface area contributed by atoms with Crippen LogP contribution in [0.1, 0.15) is 34.3 Å². The van der Waals surface area contributed by atoms with Crippen LogP contribution < -0.4 is 5.69 Å². The number of imidazole rings is 1. The number of carbonyl (C=O) groups is 1. The van der Waals surface area contributed by atoms with Crippen LogP contribution in [0.5, 0.6) is 5.88 Å². The normalized spacial score (nSPS) is 15.7. The van der Waals surface area contributed by atoms with Gasteiger partial charge in [0.15, 0.2) is 0 Å². The molecule has 0 unspecified atom stereocenters. The van der Waals surface area contributed by atoms with E-state index in [0.29, 0.717) is 34.7 Å². The van der Waals surface area contributed by atoms with Crippen LogP contribution in [0, 0.1) is 0 Å². The van der Waals surface area contributed by atoms with E-state index < -0.39 is 0 Å². The molecule has 0 saturated heterocycles. The Morgan fingerprint density at radius 1 is 1.10 bits per heavy atom. The van der Waals surface area contributed by atoms with Gasteiger partial charge in [-0.15, -0.1) is 0 Å². The predicted molar refractivity (Wildman–Crippen MR) is 115 cm³/mol. The monoisotopic (exact) mass is 443 g/mol. The number of nitrogens with zero attached hydrogens (tertiary/aromatic N) is 3. The van der Waals surface area contributed by atoms with Gasteiger partial charge in [-0.1, -0.05) is 35.3 Å². The molecule has 0 bridgehead atoms. The molecule has 2 aromatic carbocycles. The van der Waals surface area contributed by atoms with Gasteiger partial charge in [0.2, 0.25) is 5.88 Å². The number of amides is 1. The van der Waals surface area contributed by atoms with E-state index in [0.717, 1.165) is 35.1 Å². The molecule has 1 aliphatic carbocycles. The van der Waals surface area contributed by atoms with Crippen LogP contribution >= 0.6 is 23.2 Å². The Labute approximate surface area is 182 Å². The Bertz CT molecular complexity index is 1260. The summed E-state index contributed by atoms with van der Waals surface area (Å²) < 4.78 is 2.60. The van der Waals surface area contributed by atoms with Gasteiger partial charge in [0.05, 0.1) is 23.3 Å². The van der Waals surface area contributed by atoms with Crippen molar-refractivity contribution in [1.82, 2.24) is 14.0 Å². The van der Waals surface area contributed by atoms with Crippen molar-refractivity contribution in [1.29, 1.82) is 0 Å². The summed E-state index contributed by atoms with van der Waals surface area (Å²) in [5, 5.41) is 10.7. The molecule has 1 aromatic heterocycles. The molecule has 1 fully saturated rings. The van der Waals surface area contributed by atoms with Crippen LogP contribution in [0.2, 0.25) is 10.0 Å². The first kappa shape index (κ1) is 19.3. The van der Waals surface area contributed by atoms with Crippen LogP contribution in [-0.2, 0) is 20.1 Å². The highest BCUT2D eigenvalue weighted by molar-refractivity contribution is 6.35. The third-order valence-electron chi connectivity index (χ3n) is 5.82. The van der Waals surface area contributed by atoms with Gasteiger partial charge in [0, 0.05) is 30.2 Å². The first-order valence-electron chi connectivity index (χ1n) is 9.71. The maximum Gasteiger partial charge on any atom is 0.331 e. The van der Waals surface area contributed by atoms with Crippen molar-refractivity contribution in [2.45, 2.75) is 32.0 Å². The van der Waals surface area contributed by atoms with Crippen molar-refractivity contribution < 1.29 is 9.90 Å². The summed E-state index contributed by atoms with van der Waals surface area (Å²) in [6.07, 6.45) is 3.51. The van der Waals surface area contributed by atoms with Gasteiger partial charge >= 0.3 is 5.69 Å². The third-order valence-corrected chi connectivity index (χ3v) is 6.43. The average molecular weight is 444 g/mol. The zero-order chi connectivity index (χ0) is 21.2. The number of hydrogen-bond acceptors (Lipinski definition) is 3. The lowest BCUT2D eigenvalue weighted by Gasteiger charge is -2.13. The molecule has 1 aliphatic heterocycles. The molecule has 0 atom stereocenters. The molecule has 3 aromatic rings. The minimum Gasteiger partial charge on any atom is -0.493 e. The quantitative estimate of drug-likeness (QED) is 0.661. The van der Waals surface area contributed by atoms with Crippen molar-refractivity contribution in [2.24, 2.45) is 7.05 Å². The summed E-state index contributed by atoms with van der Waals surface area (Å²) in [6, 6.07) is 9.70. The minimum atomic E-state index is -0.303. The van der Waals surface area contributed by atoms with Gasteiger partial charge in [-0.25, -0.2) is 4.79 Å². The Morgan fingerprint density at radius 3 is 2.50 bits per heavy atom. The molecular weight excluding hydrogens is 425 g/mol. The number of benzene rings is 2. The molecule has 2 aliphatic rings. The van der Waals surface area contributed by atoms with Crippen molar-refractivity contribution in [3.8, 4) is 17.0 Å². The Hall–Kier alpha value is -2.70. The summed E-state index contributed by atoms with van der Waals surface area (Å²) in [5.41, 5.74) is 3.73. The number of hydrogen-bond donors (Lipinski definition) is 1. The van der Waals surface area contributed by atoms with Gasteiger partial charge in [0.25, 0.3) is 5.91 Å². The van der Waals surface area contributed by atoms with Gasteiger partial charge in [0.1, 0.15) is 0 Å². The number of rotatable bonds is 4. The maximum atomic E-state index is 12.7. The topological polar surface area (TPSA) is 67.5 Å². The van der Waals surface area contributed by atoms with Gasteiger partial charge in [-0.2, -0.15) is 0 Å². The van der Waals surface area contributed by atoms with E-state index in [1.807, 2.05) is 23.1 Å². The number of carbonyl (C=O) groups excluding carboxylic acids is 1. The zero-order valence-corrected chi connectivity index (χ0v) is 17.7. The molecule has 2 heterocycles. The van der Waals surface area contributed by atoms with E-state index in [9.17, 15) is 14.7 Å². The number of aromatic hydroxyl groups is 1. The average Bonchev–Trinajstić information content (AvgIpc) is 3.45. The van der Waals surface area contributed by atoms with Crippen molar-refractivity contribution in [3.63, 3.8) is 0 Å². The van der Waals surface area contributed by atoms with Crippen molar-refractivity contribution in [3.05, 3.63) is 73.7 Å². The number of halogens is 2. The molecular formula is C22H19Cl2N3O3. The number of aromatic nitrogens is 2. The van der Waals surface area contributed by atoms with Crippen LogP contribution in [-0.4, -0.2) is 31.1 Å². The zero-order valence-electron chi connectivity index (χ0n) is 16.2. The third kappa shape index (κ3) is 3.11. The van der Waals surface area contributed by atoms with E-state index >= 15 is 0 Å². The number of fused-ring (bicyclic) bond motifs is 1. The summed E-state index contributed by atoms with van der Waals surface area (Å²) in [7, 11) is 1.51. The fourth-order valence-corrected chi connectivity index (χ4v) is 4.67. The first-order chi connectivity index (χ1) is 14.3. The SMILES string of the molecule is Cn1c(O)cn(Cc2ccc(-c3cc(Cl)c4c(c3)CN(C3CC3)C4=O)c(Cl)c2)c1=O. The fraction of sp³-hybridized carbons (Fsp3) is 0.273. The molecule has 5 rings (SSSR count). The highest BCUT2D eigenvalue weighted by atomic mass is 35.5. The minimum absolute atomic E-state index is 0.0158. The second-order valence-electron chi connectivity index (χ2n) is 7.93. The van der Waals surface area contributed by atoms with Crippen LogP contribution in [0.25, 0.3) is 11.1 Å². The smallest absolute Gasteiger partial charge is 0.331 e. The molecule has 1 N–H and O–H groups in total. The highest BCUT2D eigenvalue weighted by Gasteiger charge is 2.39. The van der Waals surface area contributed by atoms with E-state index in [-0.39, 0.29) is 17.5 Å². The van der Waals surface area contributed by atoms with E-state index in [2.05, 4.69) is 0 Å². The Kier molecular flexibility index (Phi) is 4.45. The lowest BCUT2D eigenvalue weighted by atomic mass is 9.99. The van der Waals surface area contributed by atoms with Crippen LogP contribution in [0.3, 0.4) is 0 Å². The second kappa shape index (κ2) is 6.93. The summed E-state index contributed by atoms with van der Waals surface area (Å²) in [4.78, 5) is 26.7. The fourth-order valence-electron chi connectivity index (χ4n) is 4.04. The summed E-state index contributed by atoms with van der Waals surface area (Å²) in [5.74, 6) is -0.0765. The molecule has 30 heavy (non-hydrogen) atoms. The van der Waals surface area contributed by atoms with Crippen molar-refractivity contribution >= 4 is 29.1 Å². The van der Waals surface area contributed by atoms with Gasteiger partial charge < -0.3 is 10.0 Å². The molecule has 1 saturated carbocycles. The first-order valence-corrected chi connectivity index (χ1v) is 10.5. The van der Waals surface area contributed by atoms with E-state index in [1.165, 1.54) is 22.4 Å². The maximum absolute atomic E-state index is 12.7. The summed E-state index contributed by atoms with van der Waals surface area (Å²) >= 11 is 13.0.